The summed E-state index contributed by atoms with van der Waals surface area (Å²) in [6.45, 7) is 0. The number of rotatable bonds is 3. The van der Waals surface area contributed by atoms with Gasteiger partial charge in [0.25, 0.3) is 5.91 Å². The second kappa shape index (κ2) is 7.31. The third kappa shape index (κ3) is 3.16. The van der Waals surface area contributed by atoms with Crippen LogP contribution in [0.4, 0.5) is 22.9 Å². The number of nitrogens with zero attached hydrogens (tertiary/aromatic N) is 3. The fraction of sp³-hybridized carbons (Fsp3) is 0.429. The molecular formula is C21H26N4O3. The van der Waals surface area contributed by atoms with Crippen molar-refractivity contribution in [2.24, 2.45) is 0 Å². The molecule has 28 heavy (non-hydrogen) atoms. The molecule has 0 radical (unpaired) electrons. The normalized spacial score (nSPS) is 21.6. The van der Waals surface area contributed by atoms with Crippen LogP contribution < -0.4 is 19.9 Å². The minimum atomic E-state index is -0.187. The van der Waals surface area contributed by atoms with E-state index in [1.54, 1.807) is 25.3 Å². The Hall–Kier alpha value is -2.80. The van der Waals surface area contributed by atoms with Crippen molar-refractivity contribution in [2.45, 2.75) is 37.8 Å². The van der Waals surface area contributed by atoms with E-state index in [9.17, 15) is 9.90 Å². The number of ether oxygens (including phenoxy) is 1. The standard InChI is InChI=1S/C21H26N4O3/c1-24-16-11-19(23-13-7-9-14(26)10-8-13)22-12-17(16)25(2)21(27)15-5-4-6-18(28-3)20(15)24/h4-6,11-14,26H,7-10H2,1-3H3,(H,22,23)/t13-,14-. The molecule has 2 aliphatic rings. The van der Waals surface area contributed by atoms with E-state index in [2.05, 4.69) is 10.3 Å². The van der Waals surface area contributed by atoms with E-state index in [4.69, 9.17) is 4.74 Å². The molecule has 0 saturated heterocycles. The molecule has 1 aliphatic heterocycles. The maximum absolute atomic E-state index is 13.0. The highest BCUT2D eigenvalue weighted by Crippen LogP contribution is 2.44. The monoisotopic (exact) mass is 382 g/mol. The van der Waals surface area contributed by atoms with Gasteiger partial charge in [0.15, 0.2) is 0 Å². The van der Waals surface area contributed by atoms with Crippen LogP contribution in [0.5, 0.6) is 5.75 Å². The highest BCUT2D eigenvalue weighted by Gasteiger charge is 2.30. The van der Waals surface area contributed by atoms with Gasteiger partial charge in [0, 0.05) is 26.2 Å². The smallest absolute Gasteiger partial charge is 0.260 e. The van der Waals surface area contributed by atoms with Crippen molar-refractivity contribution in [2.75, 3.05) is 36.3 Å². The van der Waals surface area contributed by atoms with Crippen LogP contribution in [-0.2, 0) is 0 Å². The molecule has 2 heterocycles. The number of hydrogen-bond donors (Lipinski definition) is 2. The van der Waals surface area contributed by atoms with Gasteiger partial charge in [0.2, 0.25) is 0 Å². The number of aliphatic hydroxyl groups excluding tert-OH is 1. The number of carbonyl (C=O) groups is 1. The SMILES string of the molecule is COc1cccc2c1N(C)c1cc(N[C@H]3CC[C@H](O)CC3)ncc1N(C)C2=O. The molecule has 1 fully saturated rings. The number of carbonyl (C=O) groups excluding carboxylic acids is 1. The van der Waals surface area contributed by atoms with Crippen molar-refractivity contribution in [3.05, 3.63) is 36.0 Å². The summed E-state index contributed by atoms with van der Waals surface area (Å²) in [5.41, 5.74) is 2.97. The summed E-state index contributed by atoms with van der Waals surface area (Å²) >= 11 is 0. The first-order valence-corrected chi connectivity index (χ1v) is 9.63. The predicted octanol–water partition coefficient (Wildman–Crippen LogP) is 3.16. The van der Waals surface area contributed by atoms with E-state index in [0.29, 0.717) is 17.4 Å². The minimum Gasteiger partial charge on any atom is -0.495 e. The molecule has 0 unspecified atom stereocenters. The van der Waals surface area contributed by atoms with Gasteiger partial charge in [-0.25, -0.2) is 4.98 Å². The lowest BCUT2D eigenvalue weighted by Crippen LogP contribution is -2.29. The van der Waals surface area contributed by atoms with Gasteiger partial charge in [0.05, 0.1) is 42.0 Å². The Balaban J connectivity index is 1.72. The molecule has 1 aliphatic carbocycles. The van der Waals surface area contributed by atoms with Crippen LogP contribution in [0.3, 0.4) is 0 Å². The zero-order chi connectivity index (χ0) is 19.8. The topological polar surface area (TPSA) is 77.9 Å². The van der Waals surface area contributed by atoms with E-state index in [1.165, 1.54) is 0 Å². The van der Waals surface area contributed by atoms with Gasteiger partial charge >= 0.3 is 0 Å². The molecule has 2 N–H and O–H groups in total. The van der Waals surface area contributed by atoms with Crippen LogP contribution in [0, 0.1) is 0 Å². The third-order valence-electron chi connectivity index (χ3n) is 5.72. The number of amides is 1. The van der Waals surface area contributed by atoms with Crippen LogP contribution in [-0.4, -0.2) is 49.3 Å². The average Bonchev–Trinajstić information content (AvgIpc) is 2.79. The summed E-state index contributed by atoms with van der Waals surface area (Å²) in [5.74, 6) is 1.33. The van der Waals surface area contributed by atoms with E-state index >= 15 is 0 Å². The van der Waals surface area contributed by atoms with Gasteiger partial charge in [-0.2, -0.15) is 0 Å². The highest BCUT2D eigenvalue weighted by atomic mass is 16.5. The first-order valence-electron chi connectivity index (χ1n) is 9.63. The van der Waals surface area contributed by atoms with Crippen LogP contribution in [0.2, 0.25) is 0 Å². The summed E-state index contributed by atoms with van der Waals surface area (Å²) in [6.07, 6.45) is 5.01. The molecule has 1 aromatic carbocycles. The molecule has 1 aromatic heterocycles. The molecule has 4 rings (SSSR count). The Morgan fingerprint density at radius 3 is 2.61 bits per heavy atom. The Morgan fingerprint density at radius 1 is 1.14 bits per heavy atom. The predicted molar refractivity (Wildman–Crippen MR) is 110 cm³/mol. The molecule has 7 heteroatoms. The van der Waals surface area contributed by atoms with Gasteiger partial charge in [-0.15, -0.1) is 0 Å². The number of nitrogens with one attached hydrogen (secondary N) is 1. The average molecular weight is 382 g/mol. The number of para-hydroxylation sites is 1. The second-order valence-corrected chi connectivity index (χ2v) is 7.49. The number of pyridine rings is 1. The van der Waals surface area contributed by atoms with Gasteiger partial charge in [-0.05, 0) is 37.8 Å². The zero-order valence-electron chi connectivity index (χ0n) is 16.5. The van der Waals surface area contributed by atoms with Crippen LogP contribution in [0.15, 0.2) is 30.5 Å². The first kappa shape index (κ1) is 18.6. The van der Waals surface area contributed by atoms with Crippen molar-refractivity contribution in [3.8, 4) is 5.75 Å². The Labute approximate surface area is 164 Å². The van der Waals surface area contributed by atoms with Crippen molar-refractivity contribution in [1.29, 1.82) is 0 Å². The highest BCUT2D eigenvalue weighted by molar-refractivity contribution is 6.14. The number of hydrogen-bond acceptors (Lipinski definition) is 6. The van der Waals surface area contributed by atoms with Crippen LogP contribution in [0.1, 0.15) is 36.0 Å². The molecular weight excluding hydrogens is 356 g/mol. The number of anilines is 4. The lowest BCUT2D eigenvalue weighted by atomic mass is 9.93. The van der Waals surface area contributed by atoms with Crippen molar-refractivity contribution >= 4 is 28.8 Å². The van der Waals surface area contributed by atoms with Gasteiger partial charge in [-0.3, -0.25) is 4.79 Å². The summed E-state index contributed by atoms with van der Waals surface area (Å²) in [6, 6.07) is 7.79. The Bertz CT molecular complexity index is 893. The summed E-state index contributed by atoms with van der Waals surface area (Å²) < 4.78 is 5.53. The number of benzene rings is 1. The third-order valence-corrected chi connectivity index (χ3v) is 5.72. The molecule has 7 nitrogen and oxygen atoms in total. The molecule has 0 bridgehead atoms. The first-order chi connectivity index (χ1) is 13.5. The molecule has 0 atom stereocenters. The fourth-order valence-corrected chi connectivity index (χ4v) is 4.09. The minimum absolute atomic E-state index is 0.0942. The molecule has 2 aromatic rings. The second-order valence-electron chi connectivity index (χ2n) is 7.49. The largest absolute Gasteiger partial charge is 0.495 e. The molecule has 1 saturated carbocycles. The Morgan fingerprint density at radius 2 is 1.89 bits per heavy atom. The lowest BCUT2D eigenvalue weighted by Gasteiger charge is -2.28. The maximum Gasteiger partial charge on any atom is 0.260 e. The van der Waals surface area contributed by atoms with Crippen LogP contribution >= 0.6 is 0 Å². The van der Waals surface area contributed by atoms with E-state index < -0.39 is 0 Å². The van der Waals surface area contributed by atoms with E-state index in [-0.39, 0.29) is 12.0 Å². The molecule has 0 spiro atoms. The molecule has 1 amide bonds. The zero-order valence-corrected chi connectivity index (χ0v) is 16.5. The maximum atomic E-state index is 13.0. The van der Waals surface area contributed by atoms with Gasteiger partial charge in [-0.1, -0.05) is 6.07 Å². The van der Waals surface area contributed by atoms with Crippen molar-refractivity contribution < 1.29 is 14.6 Å². The number of fused-ring (bicyclic) bond motifs is 2. The van der Waals surface area contributed by atoms with Gasteiger partial charge < -0.3 is 25.0 Å². The number of methoxy groups -OCH3 is 1. The van der Waals surface area contributed by atoms with Crippen molar-refractivity contribution in [3.63, 3.8) is 0 Å². The fourth-order valence-electron chi connectivity index (χ4n) is 4.09. The van der Waals surface area contributed by atoms with Crippen molar-refractivity contribution in [1.82, 2.24) is 4.98 Å². The number of aromatic nitrogens is 1. The Kier molecular flexibility index (Phi) is 4.85. The van der Waals surface area contributed by atoms with Crippen LogP contribution in [0.25, 0.3) is 0 Å². The van der Waals surface area contributed by atoms with E-state index in [0.717, 1.165) is 48.6 Å². The quantitative estimate of drug-likeness (QED) is 0.849. The van der Waals surface area contributed by atoms with Gasteiger partial charge in [0.1, 0.15) is 11.6 Å². The summed E-state index contributed by atoms with van der Waals surface area (Å²) in [4.78, 5) is 21.2. The summed E-state index contributed by atoms with van der Waals surface area (Å²) in [5, 5.41) is 13.2. The lowest BCUT2D eigenvalue weighted by molar-refractivity contribution is 0.0994. The number of aliphatic hydroxyl groups is 1. The molecule has 148 valence electrons. The van der Waals surface area contributed by atoms with E-state index in [1.807, 2.05) is 36.2 Å². The summed E-state index contributed by atoms with van der Waals surface area (Å²) in [7, 11) is 5.31.